The number of benzene rings is 2. The molecule has 9 nitrogen and oxygen atoms in total. The van der Waals surface area contributed by atoms with Crippen LogP contribution in [0.3, 0.4) is 0 Å². The van der Waals surface area contributed by atoms with Crippen LogP contribution < -0.4 is 5.32 Å². The van der Waals surface area contributed by atoms with Crippen LogP contribution >= 0.6 is 0 Å². The third-order valence-corrected chi connectivity index (χ3v) is 6.70. The van der Waals surface area contributed by atoms with Gasteiger partial charge in [0.25, 0.3) is 0 Å². The molecule has 1 amide bonds. The van der Waals surface area contributed by atoms with Crippen LogP contribution in [0.2, 0.25) is 0 Å². The second kappa shape index (κ2) is 13.1. The number of nitrogens with zero attached hydrogens (tertiary/aromatic N) is 3. The summed E-state index contributed by atoms with van der Waals surface area (Å²) in [7, 11) is 0. The SMILES string of the molecule is CC(C)(C)C[C@H](NC(=O)[C@@H](N=[N+]=[N-])C1(C(=O)OCc2ccccc2)CCCC1)C(=O)OCc1ccccc1. The van der Waals surface area contributed by atoms with E-state index in [2.05, 4.69) is 15.3 Å². The first kappa shape index (κ1) is 28.7. The van der Waals surface area contributed by atoms with Gasteiger partial charge in [0.05, 0.1) is 5.41 Å². The van der Waals surface area contributed by atoms with Gasteiger partial charge in [-0.15, -0.1) is 0 Å². The average Bonchev–Trinajstić information content (AvgIpc) is 3.40. The molecule has 1 aliphatic rings. The van der Waals surface area contributed by atoms with Crippen molar-refractivity contribution in [1.82, 2.24) is 5.32 Å². The van der Waals surface area contributed by atoms with E-state index in [-0.39, 0.29) is 18.6 Å². The molecule has 3 rings (SSSR count). The lowest BCUT2D eigenvalue weighted by Crippen LogP contribution is -2.53. The number of azide groups is 1. The number of esters is 2. The van der Waals surface area contributed by atoms with Crippen molar-refractivity contribution in [3.63, 3.8) is 0 Å². The van der Waals surface area contributed by atoms with Crippen LogP contribution in [0.5, 0.6) is 0 Å². The molecule has 0 heterocycles. The predicted octanol–water partition coefficient (Wildman–Crippen LogP) is 5.63. The average molecular weight is 521 g/mol. The van der Waals surface area contributed by atoms with Crippen molar-refractivity contribution < 1.29 is 23.9 Å². The van der Waals surface area contributed by atoms with Gasteiger partial charge < -0.3 is 14.8 Å². The number of rotatable bonds is 11. The van der Waals surface area contributed by atoms with Crippen LogP contribution in [0.15, 0.2) is 65.8 Å². The zero-order chi connectivity index (χ0) is 27.6. The molecule has 9 heteroatoms. The van der Waals surface area contributed by atoms with E-state index < -0.39 is 35.3 Å². The summed E-state index contributed by atoms with van der Waals surface area (Å²) in [4.78, 5) is 42.9. The van der Waals surface area contributed by atoms with E-state index >= 15 is 0 Å². The van der Waals surface area contributed by atoms with E-state index in [1.165, 1.54) is 0 Å². The Bertz CT molecular complexity index is 1130. The maximum Gasteiger partial charge on any atom is 0.328 e. The van der Waals surface area contributed by atoms with Crippen LogP contribution in [0.4, 0.5) is 0 Å². The summed E-state index contributed by atoms with van der Waals surface area (Å²) in [6.07, 6.45) is 2.37. The summed E-state index contributed by atoms with van der Waals surface area (Å²) in [5.41, 5.74) is 9.33. The van der Waals surface area contributed by atoms with E-state index in [1.807, 2.05) is 81.4 Å². The Morgan fingerprint density at radius 3 is 1.97 bits per heavy atom. The van der Waals surface area contributed by atoms with Crippen molar-refractivity contribution >= 4 is 17.8 Å². The van der Waals surface area contributed by atoms with Crippen LogP contribution in [0.1, 0.15) is 64.0 Å². The van der Waals surface area contributed by atoms with Crippen LogP contribution in [-0.2, 0) is 37.1 Å². The molecule has 0 radical (unpaired) electrons. The van der Waals surface area contributed by atoms with E-state index in [1.54, 1.807) is 0 Å². The lowest BCUT2D eigenvalue weighted by Gasteiger charge is -2.33. The summed E-state index contributed by atoms with van der Waals surface area (Å²) in [6.45, 7) is 5.94. The second-order valence-electron chi connectivity index (χ2n) is 11.0. The summed E-state index contributed by atoms with van der Waals surface area (Å²) in [5.74, 6) is -1.86. The lowest BCUT2D eigenvalue weighted by atomic mass is 9.78. The third-order valence-electron chi connectivity index (χ3n) is 6.70. The summed E-state index contributed by atoms with van der Waals surface area (Å²) in [6, 6.07) is 16.1. The fourth-order valence-electron chi connectivity index (χ4n) is 4.81. The van der Waals surface area contributed by atoms with Crippen molar-refractivity contribution in [2.45, 2.75) is 78.2 Å². The highest BCUT2D eigenvalue weighted by Gasteiger charge is 2.52. The van der Waals surface area contributed by atoms with Gasteiger partial charge in [0.1, 0.15) is 25.3 Å². The minimum atomic E-state index is -1.36. The van der Waals surface area contributed by atoms with E-state index in [0.29, 0.717) is 32.1 Å². The van der Waals surface area contributed by atoms with Crippen LogP contribution in [-0.4, -0.2) is 29.9 Å². The van der Waals surface area contributed by atoms with Gasteiger partial charge in [-0.25, -0.2) is 4.79 Å². The molecule has 1 N–H and O–H groups in total. The maximum absolute atomic E-state index is 13.6. The molecule has 38 heavy (non-hydrogen) atoms. The van der Waals surface area contributed by atoms with E-state index in [9.17, 15) is 19.9 Å². The number of hydrogen-bond donors (Lipinski definition) is 1. The largest absolute Gasteiger partial charge is 0.460 e. The third kappa shape index (κ3) is 7.83. The quantitative estimate of drug-likeness (QED) is 0.177. The Morgan fingerprint density at radius 2 is 1.47 bits per heavy atom. The number of amides is 1. The molecule has 0 bridgehead atoms. The van der Waals surface area contributed by atoms with E-state index in [4.69, 9.17) is 9.47 Å². The summed E-state index contributed by atoms with van der Waals surface area (Å²) < 4.78 is 11.1. The summed E-state index contributed by atoms with van der Waals surface area (Å²) >= 11 is 0. The van der Waals surface area contributed by atoms with Gasteiger partial charge in [-0.05, 0) is 41.3 Å². The Labute approximate surface area is 223 Å². The zero-order valence-corrected chi connectivity index (χ0v) is 22.3. The molecule has 1 fully saturated rings. The number of nitrogens with one attached hydrogen (secondary N) is 1. The molecule has 0 spiro atoms. The molecule has 0 saturated heterocycles. The lowest BCUT2D eigenvalue weighted by molar-refractivity contribution is -0.161. The van der Waals surface area contributed by atoms with Gasteiger partial charge in [0, 0.05) is 4.91 Å². The van der Waals surface area contributed by atoms with E-state index in [0.717, 1.165) is 11.1 Å². The highest BCUT2D eigenvalue weighted by molar-refractivity contribution is 5.93. The zero-order valence-electron chi connectivity index (χ0n) is 22.3. The maximum atomic E-state index is 13.6. The first-order chi connectivity index (χ1) is 18.1. The minimum absolute atomic E-state index is 0.0461. The van der Waals surface area contributed by atoms with Crippen molar-refractivity contribution in [2.75, 3.05) is 0 Å². The number of ether oxygens (including phenoxy) is 2. The highest BCUT2D eigenvalue weighted by Crippen LogP contribution is 2.44. The molecule has 0 aromatic heterocycles. The van der Waals surface area contributed by atoms with Gasteiger partial charge >= 0.3 is 11.9 Å². The molecular weight excluding hydrogens is 484 g/mol. The van der Waals surface area contributed by atoms with Crippen molar-refractivity contribution in [3.8, 4) is 0 Å². The monoisotopic (exact) mass is 520 g/mol. The second-order valence-corrected chi connectivity index (χ2v) is 11.0. The molecule has 0 unspecified atom stereocenters. The van der Waals surface area contributed by atoms with Gasteiger partial charge in [0.15, 0.2) is 0 Å². The Morgan fingerprint density at radius 1 is 0.947 bits per heavy atom. The summed E-state index contributed by atoms with van der Waals surface area (Å²) in [5, 5.41) is 6.51. The molecule has 2 atom stereocenters. The van der Waals surface area contributed by atoms with Crippen molar-refractivity contribution in [1.29, 1.82) is 0 Å². The standard InChI is InChI=1S/C29H36N4O5/c1-28(2,3)18-23(26(35)37-19-21-12-6-4-7-13-21)31-25(34)24(32-33-30)29(16-10-11-17-29)27(36)38-20-22-14-8-5-9-15-22/h4-9,12-15,23-24H,10-11,16-20H2,1-3H3,(H,31,34)/t23-,24+/m0/s1. The predicted molar refractivity (Wildman–Crippen MR) is 142 cm³/mol. The fourth-order valence-corrected chi connectivity index (χ4v) is 4.81. The molecule has 1 aliphatic carbocycles. The molecule has 1 saturated carbocycles. The molecule has 202 valence electrons. The van der Waals surface area contributed by atoms with Gasteiger partial charge in [-0.3, -0.25) is 9.59 Å². The molecule has 2 aromatic rings. The fraction of sp³-hybridized carbons (Fsp3) is 0.483. The van der Waals surface area contributed by atoms with Crippen molar-refractivity contribution in [3.05, 3.63) is 82.2 Å². The van der Waals surface area contributed by atoms with Crippen LogP contribution in [0, 0.1) is 10.8 Å². The molecule has 2 aromatic carbocycles. The molecule has 0 aliphatic heterocycles. The molecular formula is C29H36N4O5. The Balaban J connectivity index is 1.78. The van der Waals surface area contributed by atoms with Gasteiger partial charge in [-0.2, -0.15) is 0 Å². The first-order valence-electron chi connectivity index (χ1n) is 12.9. The Hall–Kier alpha value is -3.84. The number of hydrogen-bond acceptors (Lipinski definition) is 6. The van der Waals surface area contributed by atoms with Gasteiger partial charge in [0.2, 0.25) is 5.91 Å². The van der Waals surface area contributed by atoms with Gasteiger partial charge in [-0.1, -0.05) is 99.4 Å². The highest BCUT2D eigenvalue weighted by atomic mass is 16.5. The topological polar surface area (TPSA) is 130 Å². The number of carbonyl (C=O) groups excluding carboxylic acids is 3. The normalized spacial score (nSPS) is 16.0. The number of carbonyl (C=O) groups is 3. The first-order valence-corrected chi connectivity index (χ1v) is 12.9. The Kier molecular flexibility index (Phi) is 9.91. The smallest absolute Gasteiger partial charge is 0.328 e. The van der Waals surface area contributed by atoms with Crippen LogP contribution in [0.25, 0.3) is 10.4 Å². The van der Waals surface area contributed by atoms with Crippen molar-refractivity contribution in [2.24, 2.45) is 15.9 Å². The minimum Gasteiger partial charge on any atom is -0.460 e.